The van der Waals surface area contributed by atoms with Crippen molar-refractivity contribution in [1.29, 1.82) is 0 Å². The molecule has 0 atom stereocenters. The minimum atomic E-state index is -4.52. The van der Waals surface area contributed by atoms with E-state index in [-0.39, 0.29) is 34.5 Å². The summed E-state index contributed by atoms with van der Waals surface area (Å²) in [6, 6.07) is 9.80. The summed E-state index contributed by atoms with van der Waals surface area (Å²) < 4.78 is 36.5. The van der Waals surface area contributed by atoms with Crippen molar-refractivity contribution in [3.63, 3.8) is 0 Å². The van der Waals surface area contributed by atoms with Crippen LogP contribution in [-0.4, -0.2) is 13.0 Å². The molecule has 0 N–H and O–H groups in total. The SMILES string of the molecule is CCCCCCCCCCCCCCCCCCc1cc(S(=O)(=O)[O-])c2cc(CCCCCCCCC)ccc2c1.[Na+]. The molecule has 0 aliphatic carbocycles. The molecular formula is C37H61NaO3S. The van der Waals surface area contributed by atoms with E-state index in [1.165, 1.54) is 128 Å². The fourth-order valence-electron chi connectivity index (χ4n) is 6.10. The zero-order chi connectivity index (χ0) is 29.6. The van der Waals surface area contributed by atoms with Gasteiger partial charge in [0.1, 0.15) is 10.1 Å². The van der Waals surface area contributed by atoms with Gasteiger partial charge in [0.2, 0.25) is 0 Å². The van der Waals surface area contributed by atoms with Gasteiger partial charge in [-0.3, -0.25) is 0 Å². The number of unbranched alkanes of at least 4 members (excludes halogenated alkanes) is 21. The molecule has 0 unspecified atom stereocenters. The molecule has 0 aromatic heterocycles. The minimum Gasteiger partial charge on any atom is -0.744 e. The first-order valence-electron chi connectivity index (χ1n) is 17.5. The number of hydrogen-bond donors (Lipinski definition) is 0. The van der Waals surface area contributed by atoms with E-state index in [1.807, 2.05) is 12.1 Å². The third kappa shape index (κ3) is 17.8. The molecule has 0 spiro atoms. The molecule has 3 nitrogen and oxygen atoms in total. The van der Waals surface area contributed by atoms with Gasteiger partial charge in [-0.1, -0.05) is 167 Å². The van der Waals surface area contributed by atoms with Crippen LogP contribution in [0.15, 0.2) is 35.2 Å². The Kier molecular flexibility index (Phi) is 23.5. The second kappa shape index (κ2) is 24.9. The Morgan fingerprint density at radius 2 is 0.881 bits per heavy atom. The van der Waals surface area contributed by atoms with Gasteiger partial charge in [0.05, 0.1) is 4.90 Å². The van der Waals surface area contributed by atoms with Crippen molar-refractivity contribution in [1.82, 2.24) is 0 Å². The Bertz CT molecular complexity index is 1050. The van der Waals surface area contributed by atoms with Gasteiger partial charge in [-0.2, -0.15) is 0 Å². The quantitative estimate of drug-likeness (QED) is 0.0609. The van der Waals surface area contributed by atoms with E-state index in [0.29, 0.717) is 5.39 Å². The molecule has 2 aromatic rings. The summed E-state index contributed by atoms with van der Waals surface area (Å²) in [5.41, 5.74) is 2.10. The topological polar surface area (TPSA) is 57.2 Å². The predicted octanol–water partition coefficient (Wildman–Crippen LogP) is 8.85. The smallest absolute Gasteiger partial charge is 0.744 e. The fraction of sp³-hybridized carbons (Fsp3) is 0.730. The van der Waals surface area contributed by atoms with Crippen LogP contribution in [-0.2, 0) is 23.0 Å². The zero-order valence-corrected chi connectivity index (χ0v) is 30.5. The van der Waals surface area contributed by atoms with Crippen LogP contribution >= 0.6 is 0 Å². The minimum absolute atomic E-state index is 0. The summed E-state index contributed by atoms with van der Waals surface area (Å²) in [5, 5.41) is 1.47. The van der Waals surface area contributed by atoms with Crippen LogP contribution in [0.5, 0.6) is 0 Å². The molecule has 0 fully saturated rings. The third-order valence-corrected chi connectivity index (χ3v) is 9.57. The van der Waals surface area contributed by atoms with Crippen molar-refractivity contribution in [3.8, 4) is 0 Å². The maximum Gasteiger partial charge on any atom is 1.00 e. The summed E-state index contributed by atoms with van der Waals surface area (Å²) in [7, 11) is -4.52. The van der Waals surface area contributed by atoms with Crippen LogP contribution in [0.1, 0.15) is 173 Å². The summed E-state index contributed by atoms with van der Waals surface area (Å²) in [6.45, 7) is 4.51. The summed E-state index contributed by atoms with van der Waals surface area (Å²) in [4.78, 5) is -0.0390. The van der Waals surface area contributed by atoms with Crippen molar-refractivity contribution >= 4 is 20.9 Å². The van der Waals surface area contributed by atoms with Crippen molar-refractivity contribution in [2.24, 2.45) is 0 Å². The average Bonchev–Trinajstić information content (AvgIpc) is 2.95. The van der Waals surface area contributed by atoms with E-state index in [2.05, 4.69) is 26.0 Å². The first-order chi connectivity index (χ1) is 20.0. The van der Waals surface area contributed by atoms with Crippen LogP contribution < -0.4 is 29.6 Å². The Morgan fingerprint density at radius 3 is 1.29 bits per heavy atom. The van der Waals surface area contributed by atoms with Gasteiger partial charge in [-0.15, -0.1) is 0 Å². The molecule has 0 amide bonds. The van der Waals surface area contributed by atoms with E-state index >= 15 is 0 Å². The molecule has 0 saturated heterocycles. The van der Waals surface area contributed by atoms with E-state index in [0.717, 1.165) is 48.6 Å². The molecule has 0 aliphatic rings. The van der Waals surface area contributed by atoms with Gasteiger partial charge in [-0.25, -0.2) is 8.42 Å². The van der Waals surface area contributed by atoms with Crippen molar-refractivity contribution in [3.05, 3.63) is 41.5 Å². The first kappa shape index (κ1) is 39.6. The van der Waals surface area contributed by atoms with Gasteiger partial charge in [0, 0.05) is 0 Å². The molecule has 42 heavy (non-hydrogen) atoms. The predicted molar refractivity (Wildman–Crippen MR) is 177 cm³/mol. The van der Waals surface area contributed by atoms with E-state index in [1.54, 1.807) is 6.07 Å². The number of hydrogen-bond acceptors (Lipinski definition) is 3. The van der Waals surface area contributed by atoms with Gasteiger partial charge < -0.3 is 4.55 Å². The fourth-order valence-corrected chi connectivity index (χ4v) is 6.84. The Labute approximate surface area is 282 Å². The largest absolute Gasteiger partial charge is 1.00 e. The maximum absolute atomic E-state index is 12.2. The molecule has 0 bridgehead atoms. The van der Waals surface area contributed by atoms with Crippen molar-refractivity contribution in [2.45, 2.75) is 179 Å². The van der Waals surface area contributed by atoms with Crippen molar-refractivity contribution in [2.75, 3.05) is 0 Å². The summed E-state index contributed by atoms with van der Waals surface area (Å²) in [6.07, 6.45) is 31.9. The molecule has 0 heterocycles. The Balaban J connectivity index is 0.00000882. The van der Waals surface area contributed by atoms with E-state index in [9.17, 15) is 13.0 Å². The summed E-state index contributed by atoms with van der Waals surface area (Å²) in [5.74, 6) is 0. The molecule has 0 saturated carbocycles. The number of benzene rings is 2. The molecule has 234 valence electrons. The number of aryl methyl sites for hydroxylation is 2. The van der Waals surface area contributed by atoms with Gasteiger partial charge in [0.25, 0.3) is 0 Å². The van der Waals surface area contributed by atoms with Gasteiger partial charge in [0.15, 0.2) is 0 Å². The monoisotopic (exact) mass is 608 g/mol. The zero-order valence-electron chi connectivity index (χ0n) is 27.7. The first-order valence-corrected chi connectivity index (χ1v) is 18.9. The number of rotatable bonds is 26. The van der Waals surface area contributed by atoms with Crippen LogP contribution in [0, 0.1) is 0 Å². The molecule has 5 heteroatoms. The summed E-state index contributed by atoms with van der Waals surface area (Å²) >= 11 is 0. The van der Waals surface area contributed by atoms with Crippen molar-refractivity contribution < 1.29 is 42.5 Å². The maximum atomic E-state index is 12.2. The normalized spacial score (nSPS) is 11.7. The molecule has 2 aromatic carbocycles. The molecule has 0 radical (unpaired) electrons. The van der Waals surface area contributed by atoms with Crippen LogP contribution in [0.25, 0.3) is 10.8 Å². The van der Waals surface area contributed by atoms with Crippen LogP contribution in [0.4, 0.5) is 0 Å². The molecule has 2 rings (SSSR count). The van der Waals surface area contributed by atoms with Gasteiger partial charge >= 0.3 is 29.6 Å². The number of fused-ring (bicyclic) bond motifs is 1. The van der Waals surface area contributed by atoms with Crippen LogP contribution in [0.2, 0.25) is 0 Å². The van der Waals surface area contributed by atoms with Gasteiger partial charge in [-0.05, 0) is 59.7 Å². The molecule has 0 aliphatic heterocycles. The van der Waals surface area contributed by atoms with Crippen LogP contribution in [0.3, 0.4) is 0 Å². The van der Waals surface area contributed by atoms with E-state index in [4.69, 9.17) is 0 Å². The second-order valence-corrected chi connectivity index (χ2v) is 13.9. The Morgan fingerprint density at radius 1 is 0.500 bits per heavy atom. The molecular weight excluding hydrogens is 547 g/mol. The average molecular weight is 609 g/mol. The second-order valence-electron chi connectivity index (χ2n) is 12.5. The Hall–Kier alpha value is -0.390. The standard InChI is InChI=1S/C37H62O3S.Na/c1-3-5-7-9-11-12-13-14-15-16-17-18-19-21-23-25-27-34-30-35-29-28-33(26-24-22-20-10-8-6-4-2)31-36(35)37(32-34)41(38,39)40;/h28-32H,3-27H2,1-2H3,(H,38,39,40);/q;+1/p-1. The van der Waals surface area contributed by atoms with E-state index < -0.39 is 10.1 Å². The third-order valence-electron chi connectivity index (χ3n) is 8.70.